The third-order valence-electron chi connectivity index (χ3n) is 4.51. The molecule has 1 aliphatic rings. The molecule has 1 saturated heterocycles. The molecule has 1 fully saturated rings. The lowest BCUT2D eigenvalue weighted by atomic mass is 9.91. The highest BCUT2D eigenvalue weighted by atomic mass is 16.5. The molecular formula is C18H24N4O2. The summed E-state index contributed by atoms with van der Waals surface area (Å²) in [6, 6.07) is 5.36. The van der Waals surface area contributed by atoms with Gasteiger partial charge < -0.3 is 14.6 Å². The van der Waals surface area contributed by atoms with Crippen LogP contribution < -0.4 is 5.32 Å². The second kappa shape index (κ2) is 7.57. The van der Waals surface area contributed by atoms with Gasteiger partial charge in [-0.1, -0.05) is 6.07 Å². The number of carbonyl (C=O) groups excluding carboxylic acids is 1. The van der Waals surface area contributed by atoms with Crippen LogP contribution in [0.1, 0.15) is 47.8 Å². The summed E-state index contributed by atoms with van der Waals surface area (Å²) in [6.45, 7) is 6.25. The third kappa shape index (κ3) is 3.64. The normalized spacial score (nSPS) is 16.8. The zero-order valence-electron chi connectivity index (χ0n) is 14.2. The van der Waals surface area contributed by atoms with Crippen LogP contribution in [0.3, 0.4) is 0 Å². The number of ether oxygens (including phenoxy) is 1. The predicted octanol–water partition coefficient (Wildman–Crippen LogP) is 2.50. The molecule has 128 valence electrons. The maximum atomic E-state index is 12.7. The zero-order valence-corrected chi connectivity index (χ0v) is 14.2. The second-order valence-electron chi connectivity index (χ2n) is 6.14. The minimum Gasteiger partial charge on any atom is -0.381 e. The number of carbonyl (C=O) groups is 1. The summed E-state index contributed by atoms with van der Waals surface area (Å²) in [7, 11) is 0. The number of amides is 1. The van der Waals surface area contributed by atoms with Gasteiger partial charge in [0.1, 0.15) is 11.5 Å². The smallest absolute Gasteiger partial charge is 0.270 e. The number of aryl methyl sites for hydroxylation is 2. The fourth-order valence-electron chi connectivity index (χ4n) is 3.19. The summed E-state index contributed by atoms with van der Waals surface area (Å²) < 4.78 is 7.56. The molecular weight excluding hydrogens is 304 g/mol. The Balaban J connectivity index is 1.85. The van der Waals surface area contributed by atoms with Crippen LogP contribution in [0.2, 0.25) is 0 Å². The van der Waals surface area contributed by atoms with Crippen LogP contribution >= 0.6 is 0 Å². The number of aromatic nitrogens is 3. The molecule has 1 N–H and O–H groups in total. The van der Waals surface area contributed by atoms with Crippen molar-refractivity contribution in [1.82, 2.24) is 19.9 Å². The largest absolute Gasteiger partial charge is 0.381 e. The first-order valence-corrected chi connectivity index (χ1v) is 8.52. The summed E-state index contributed by atoms with van der Waals surface area (Å²) in [5, 5.41) is 3.17. The molecule has 1 amide bonds. The van der Waals surface area contributed by atoms with Gasteiger partial charge in [0.15, 0.2) is 0 Å². The molecule has 24 heavy (non-hydrogen) atoms. The van der Waals surface area contributed by atoms with Crippen molar-refractivity contribution in [3.05, 3.63) is 47.8 Å². The van der Waals surface area contributed by atoms with Crippen molar-refractivity contribution in [3.8, 4) is 0 Å². The lowest BCUT2D eigenvalue weighted by Gasteiger charge is -2.30. The number of nitrogens with one attached hydrogen (secondary N) is 1. The first-order chi connectivity index (χ1) is 11.7. The summed E-state index contributed by atoms with van der Waals surface area (Å²) in [6.07, 6.45) is 5.59. The van der Waals surface area contributed by atoms with E-state index in [0.717, 1.165) is 44.1 Å². The minimum atomic E-state index is -0.152. The van der Waals surface area contributed by atoms with Gasteiger partial charge in [-0.25, -0.2) is 9.97 Å². The van der Waals surface area contributed by atoms with E-state index in [-0.39, 0.29) is 11.9 Å². The molecule has 0 unspecified atom stereocenters. The summed E-state index contributed by atoms with van der Waals surface area (Å²) in [5.41, 5.74) is 1.28. The van der Waals surface area contributed by atoms with E-state index in [1.807, 2.05) is 25.3 Å². The van der Waals surface area contributed by atoms with Crippen LogP contribution in [0.25, 0.3) is 0 Å². The number of imidazole rings is 1. The van der Waals surface area contributed by atoms with E-state index in [1.165, 1.54) is 0 Å². The lowest BCUT2D eigenvalue weighted by molar-refractivity contribution is 0.0497. The summed E-state index contributed by atoms with van der Waals surface area (Å²) in [4.78, 5) is 21.5. The Hall–Kier alpha value is -2.21. The molecule has 1 atom stereocenters. The molecule has 6 nitrogen and oxygen atoms in total. The molecule has 0 spiro atoms. The Bertz CT molecular complexity index is 692. The van der Waals surface area contributed by atoms with Crippen molar-refractivity contribution in [2.24, 2.45) is 5.92 Å². The van der Waals surface area contributed by atoms with Crippen LogP contribution in [0.15, 0.2) is 30.6 Å². The summed E-state index contributed by atoms with van der Waals surface area (Å²) in [5.74, 6) is 1.08. The van der Waals surface area contributed by atoms with Crippen molar-refractivity contribution in [1.29, 1.82) is 0 Å². The Kier molecular flexibility index (Phi) is 5.25. The Labute approximate surface area is 142 Å². The zero-order chi connectivity index (χ0) is 16.9. The van der Waals surface area contributed by atoms with Gasteiger partial charge in [-0.15, -0.1) is 0 Å². The van der Waals surface area contributed by atoms with Gasteiger partial charge in [0.2, 0.25) is 0 Å². The van der Waals surface area contributed by atoms with E-state index in [9.17, 15) is 4.79 Å². The number of pyridine rings is 1. The van der Waals surface area contributed by atoms with Crippen molar-refractivity contribution in [2.75, 3.05) is 13.2 Å². The lowest BCUT2D eigenvalue weighted by Crippen LogP contribution is -2.38. The molecule has 0 bridgehead atoms. The average Bonchev–Trinajstić information content (AvgIpc) is 3.08. The molecule has 0 saturated carbocycles. The molecule has 0 aliphatic carbocycles. The first kappa shape index (κ1) is 16.6. The molecule has 0 aromatic carbocycles. The molecule has 1 aliphatic heterocycles. The number of hydrogen-bond acceptors (Lipinski definition) is 4. The van der Waals surface area contributed by atoms with Crippen molar-refractivity contribution in [3.63, 3.8) is 0 Å². The SMILES string of the molecule is CCn1ccnc1[C@H](NC(=O)c1cccc(C)n1)C1CCOCC1. The van der Waals surface area contributed by atoms with Gasteiger partial charge in [0.25, 0.3) is 5.91 Å². The maximum Gasteiger partial charge on any atom is 0.270 e. The monoisotopic (exact) mass is 328 g/mol. The topological polar surface area (TPSA) is 69.0 Å². The van der Waals surface area contributed by atoms with E-state index < -0.39 is 0 Å². The molecule has 3 rings (SSSR count). The molecule has 2 aromatic rings. The van der Waals surface area contributed by atoms with Crippen molar-refractivity contribution < 1.29 is 9.53 Å². The van der Waals surface area contributed by atoms with Gasteiger partial charge >= 0.3 is 0 Å². The number of nitrogens with zero attached hydrogens (tertiary/aromatic N) is 3. The Morgan fingerprint density at radius 2 is 2.21 bits per heavy atom. The summed E-state index contributed by atoms with van der Waals surface area (Å²) >= 11 is 0. The third-order valence-corrected chi connectivity index (χ3v) is 4.51. The predicted molar refractivity (Wildman–Crippen MR) is 90.6 cm³/mol. The number of hydrogen-bond donors (Lipinski definition) is 1. The van der Waals surface area contributed by atoms with Gasteiger partial charge in [-0.05, 0) is 44.7 Å². The highest BCUT2D eigenvalue weighted by molar-refractivity contribution is 5.92. The van der Waals surface area contributed by atoms with Gasteiger partial charge in [-0.2, -0.15) is 0 Å². The average molecular weight is 328 g/mol. The molecule has 3 heterocycles. The minimum absolute atomic E-state index is 0.126. The van der Waals surface area contributed by atoms with E-state index in [2.05, 4.69) is 26.8 Å². The van der Waals surface area contributed by atoms with Gasteiger partial charge in [0, 0.05) is 37.8 Å². The van der Waals surface area contributed by atoms with Gasteiger partial charge in [0.05, 0.1) is 6.04 Å². The van der Waals surface area contributed by atoms with Crippen LogP contribution in [0.4, 0.5) is 0 Å². The Morgan fingerprint density at radius 3 is 2.92 bits per heavy atom. The van der Waals surface area contributed by atoms with Crippen molar-refractivity contribution >= 4 is 5.91 Å². The quantitative estimate of drug-likeness (QED) is 0.915. The Morgan fingerprint density at radius 1 is 1.42 bits per heavy atom. The fourth-order valence-corrected chi connectivity index (χ4v) is 3.19. The number of rotatable bonds is 5. The van der Waals surface area contributed by atoms with Crippen molar-refractivity contribution in [2.45, 2.75) is 39.3 Å². The van der Waals surface area contributed by atoms with Crippen LogP contribution in [0, 0.1) is 12.8 Å². The van der Waals surface area contributed by atoms with E-state index in [1.54, 1.807) is 12.3 Å². The molecule has 0 radical (unpaired) electrons. The molecule has 2 aromatic heterocycles. The van der Waals surface area contributed by atoms with Crippen LogP contribution in [0.5, 0.6) is 0 Å². The standard InChI is InChI=1S/C18H24N4O2/c1-3-22-10-9-19-17(22)16(14-7-11-24-12-8-14)21-18(23)15-6-4-5-13(2)20-15/h4-6,9-10,14,16H,3,7-8,11-12H2,1-2H3,(H,21,23)/t16-/m1/s1. The second-order valence-corrected chi connectivity index (χ2v) is 6.14. The van der Waals surface area contributed by atoms with E-state index >= 15 is 0 Å². The van der Waals surface area contributed by atoms with Crippen LogP contribution in [-0.2, 0) is 11.3 Å². The molecule has 6 heteroatoms. The maximum absolute atomic E-state index is 12.7. The fraction of sp³-hybridized carbons (Fsp3) is 0.500. The highest BCUT2D eigenvalue weighted by Crippen LogP contribution is 2.29. The van der Waals surface area contributed by atoms with Crippen LogP contribution in [-0.4, -0.2) is 33.7 Å². The highest BCUT2D eigenvalue weighted by Gasteiger charge is 2.30. The van der Waals surface area contributed by atoms with Gasteiger partial charge in [-0.3, -0.25) is 4.79 Å². The van der Waals surface area contributed by atoms with E-state index in [0.29, 0.717) is 11.6 Å². The van der Waals surface area contributed by atoms with E-state index in [4.69, 9.17) is 4.74 Å². The first-order valence-electron chi connectivity index (χ1n) is 8.52.